The number of Topliss-reactive ketones (excluding diaryl/α,β-unsaturated/α-hetero) is 2. The fourth-order valence-electron chi connectivity index (χ4n) is 16.5. The third-order valence-corrected chi connectivity index (χ3v) is 20.8. The van der Waals surface area contributed by atoms with Crippen molar-refractivity contribution in [2.24, 2.45) is 79.8 Å². The van der Waals surface area contributed by atoms with Crippen molar-refractivity contribution in [2.45, 2.75) is 177 Å². The molecule has 0 spiro atoms. The van der Waals surface area contributed by atoms with Gasteiger partial charge in [-0.15, -0.1) is 23.7 Å². The van der Waals surface area contributed by atoms with Gasteiger partial charge in [-0.1, -0.05) is 55.4 Å². The Kier molecular flexibility index (Phi) is 13.9. The van der Waals surface area contributed by atoms with Gasteiger partial charge >= 0.3 is 6.09 Å². The minimum Gasteiger partial charge on any atom is -0.445 e. The van der Waals surface area contributed by atoms with Gasteiger partial charge in [-0.25, -0.2) is 4.79 Å². The zero-order chi connectivity index (χ0) is 46.8. The molecule has 19 atom stereocenters. The standard InChI is InChI=1S/C31H46N2O5.C23H36O3/c1-7-8-12-29(4)16-24(38-28(36)32-27(35)22-18-33-15-11-21(22)17-33)30(5)19(2)9-13-31(20(3)26(29)34)14-10-23(37-6)25(30)31;1-7-8-11-21(4)14-18(24)22(5)15(2)9-12-23(16(3)20(21)25)13-10-17(26-6)19(22)23/h19-25H,9-18H2,1-6H3,(H,32,35,36);15-19,24H,9-14H2,1-6H3/t19-,20+,21-,22+,23-,24-,25?,29-,30+,31?;15-,16+,17-,18-,19?,21-,22+,23?/m11/s1. The molecule has 2 N–H and O–H groups in total. The normalized spacial score (nSPS) is 48.9. The second kappa shape index (κ2) is 18.0. The SMILES string of the molecule is CC#CC[C@]1(C)C[C@@H](O)[C@@]2(C)C3[C@H](OC)CCC3(CC[C@H]2C)[C@@H](C)C1=O.CC#CC[C@]1(C)C[C@@H](OC(=O)NC(=O)[C@H]2CN3CC[C@@H]2C3)[C@@]2(C)C3[C@H](OC)CCC3(CC[C@H]2C)[C@@H](C)C1=O. The molecule has 6 saturated carbocycles. The summed E-state index contributed by atoms with van der Waals surface area (Å²) < 4.78 is 18.3. The van der Waals surface area contributed by atoms with Gasteiger partial charge in [0.1, 0.15) is 17.7 Å². The van der Waals surface area contributed by atoms with E-state index in [-0.39, 0.29) is 75.7 Å². The number of alkyl carbamates (subject to hydrolysis) is 1. The van der Waals surface area contributed by atoms with Crippen LogP contribution in [0.15, 0.2) is 0 Å². The Balaban J connectivity index is 0.000000206. The second-order valence-corrected chi connectivity index (χ2v) is 23.4. The van der Waals surface area contributed by atoms with Crippen molar-refractivity contribution in [1.29, 1.82) is 0 Å². The van der Waals surface area contributed by atoms with Crippen LogP contribution in [0.4, 0.5) is 4.79 Å². The van der Waals surface area contributed by atoms with Crippen molar-refractivity contribution in [3.05, 3.63) is 0 Å². The van der Waals surface area contributed by atoms with Crippen LogP contribution in [0.2, 0.25) is 0 Å². The van der Waals surface area contributed by atoms with Gasteiger partial charge in [-0.05, 0) is 126 Å². The van der Waals surface area contributed by atoms with Crippen LogP contribution < -0.4 is 5.32 Å². The topological polar surface area (TPSA) is 131 Å². The number of hydrogen-bond acceptors (Lipinski definition) is 9. The van der Waals surface area contributed by atoms with Crippen LogP contribution >= 0.6 is 0 Å². The Labute approximate surface area is 385 Å². The smallest absolute Gasteiger partial charge is 0.414 e. The summed E-state index contributed by atoms with van der Waals surface area (Å²) in [6.45, 7) is 23.7. The quantitative estimate of drug-likeness (QED) is 0.252. The maximum Gasteiger partial charge on any atom is 0.414 e. The van der Waals surface area contributed by atoms with Gasteiger partial charge in [0.2, 0.25) is 5.91 Å². The minimum absolute atomic E-state index is 0.00405. The molecule has 0 aromatic carbocycles. The highest BCUT2D eigenvalue weighted by Crippen LogP contribution is 2.70. The van der Waals surface area contributed by atoms with Crippen molar-refractivity contribution in [3.8, 4) is 23.7 Å². The molecule has 8 rings (SSSR count). The number of carbonyl (C=O) groups excluding carboxylic acids is 4. The molecule has 8 fully saturated rings. The number of carbonyl (C=O) groups is 4. The molecule has 64 heavy (non-hydrogen) atoms. The molecule has 5 unspecified atom stereocenters. The van der Waals surface area contributed by atoms with Crippen molar-refractivity contribution in [2.75, 3.05) is 33.9 Å². The molecule has 6 bridgehead atoms. The van der Waals surface area contributed by atoms with Crippen LogP contribution in [0, 0.1) is 104 Å². The fraction of sp³-hybridized carbons (Fsp3) is 0.852. The Morgan fingerprint density at radius 1 is 0.719 bits per heavy atom. The Hall–Kier alpha value is -2.76. The van der Waals surface area contributed by atoms with Crippen LogP contribution in [-0.4, -0.2) is 91.8 Å². The molecular weight excluding hydrogens is 805 g/mol. The van der Waals surface area contributed by atoms with Crippen molar-refractivity contribution in [3.63, 3.8) is 0 Å². The van der Waals surface area contributed by atoms with E-state index in [1.807, 2.05) is 20.8 Å². The summed E-state index contributed by atoms with van der Waals surface area (Å²) in [4.78, 5) is 56.7. The van der Waals surface area contributed by atoms with Crippen molar-refractivity contribution >= 4 is 23.6 Å². The number of ether oxygens (including phenoxy) is 3. The number of methoxy groups -OCH3 is 2. The Morgan fingerprint density at radius 3 is 1.67 bits per heavy atom. The van der Waals surface area contributed by atoms with Crippen LogP contribution in [0.3, 0.4) is 0 Å². The van der Waals surface area contributed by atoms with E-state index < -0.39 is 34.5 Å². The summed E-state index contributed by atoms with van der Waals surface area (Å²) >= 11 is 0. The number of piperidine rings is 1. The lowest BCUT2D eigenvalue weighted by atomic mass is 9.44. The summed E-state index contributed by atoms with van der Waals surface area (Å²) in [6.07, 6.45) is 9.34. The minimum atomic E-state index is -0.739. The predicted molar refractivity (Wildman–Crippen MR) is 247 cm³/mol. The van der Waals surface area contributed by atoms with Crippen LogP contribution in [0.1, 0.15) is 153 Å². The lowest BCUT2D eigenvalue weighted by Crippen LogP contribution is -2.63. The van der Waals surface area contributed by atoms with E-state index in [4.69, 9.17) is 14.2 Å². The average Bonchev–Trinajstić information content (AvgIpc) is 4.09. The highest BCUT2D eigenvalue weighted by atomic mass is 16.6. The number of aliphatic hydroxyl groups excluding tert-OH is 1. The molecule has 2 heterocycles. The summed E-state index contributed by atoms with van der Waals surface area (Å²) in [5, 5.41) is 14.1. The highest BCUT2D eigenvalue weighted by molar-refractivity contribution is 5.94. The van der Waals surface area contributed by atoms with Crippen LogP contribution in [-0.2, 0) is 28.6 Å². The molecule has 2 aliphatic heterocycles. The van der Waals surface area contributed by atoms with Gasteiger partial charge in [-0.2, -0.15) is 0 Å². The summed E-state index contributed by atoms with van der Waals surface area (Å²) in [5.41, 5.74) is -2.15. The van der Waals surface area contributed by atoms with Gasteiger partial charge in [0.25, 0.3) is 0 Å². The lowest BCUT2D eigenvalue weighted by Gasteiger charge is -2.61. The Morgan fingerprint density at radius 2 is 1.20 bits per heavy atom. The molecular formula is C54H82N2O8. The summed E-state index contributed by atoms with van der Waals surface area (Å²) in [7, 11) is 3.57. The van der Waals surface area contributed by atoms with Crippen molar-refractivity contribution < 1.29 is 38.5 Å². The average molecular weight is 887 g/mol. The number of fused-ring (bicyclic) bond motifs is 2. The second-order valence-electron chi connectivity index (χ2n) is 23.4. The number of imide groups is 1. The van der Waals surface area contributed by atoms with Gasteiger partial charge < -0.3 is 24.2 Å². The number of rotatable bonds is 6. The fourth-order valence-corrected chi connectivity index (χ4v) is 16.5. The van der Waals surface area contributed by atoms with E-state index in [2.05, 4.69) is 75.4 Å². The lowest BCUT2D eigenvalue weighted by molar-refractivity contribution is -0.191. The highest BCUT2D eigenvalue weighted by Gasteiger charge is 2.70. The third kappa shape index (κ3) is 7.63. The van der Waals surface area contributed by atoms with E-state index in [9.17, 15) is 24.3 Å². The molecule has 0 aromatic heterocycles. The number of hydrogen-bond donors (Lipinski definition) is 2. The van der Waals surface area contributed by atoms with E-state index >= 15 is 0 Å². The first-order valence-electron chi connectivity index (χ1n) is 25.0. The first-order valence-corrected chi connectivity index (χ1v) is 25.0. The number of ketones is 2. The number of nitrogens with one attached hydrogen (secondary N) is 1. The van der Waals surface area contributed by atoms with E-state index in [1.54, 1.807) is 21.1 Å². The van der Waals surface area contributed by atoms with Crippen LogP contribution in [0.5, 0.6) is 0 Å². The van der Waals surface area contributed by atoms with E-state index in [0.29, 0.717) is 49.8 Å². The van der Waals surface area contributed by atoms with E-state index in [1.165, 1.54) is 0 Å². The maximum absolute atomic E-state index is 14.3. The molecule has 0 radical (unpaired) electrons. The molecule has 356 valence electrons. The maximum atomic E-state index is 14.3. The molecule has 6 aliphatic carbocycles. The van der Waals surface area contributed by atoms with Gasteiger partial charge in [0.15, 0.2) is 0 Å². The first-order chi connectivity index (χ1) is 30.2. The van der Waals surface area contributed by atoms with Crippen LogP contribution in [0.25, 0.3) is 0 Å². The van der Waals surface area contributed by atoms with Gasteiger partial charge in [0, 0.05) is 79.6 Å². The van der Waals surface area contributed by atoms with Crippen molar-refractivity contribution in [1.82, 2.24) is 10.2 Å². The molecule has 8 aliphatic rings. The van der Waals surface area contributed by atoms with Gasteiger partial charge in [0.05, 0.1) is 24.2 Å². The predicted octanol–water partition coefficient (Wildman–Crippen LogP) is 8.66. The summed E-state index contributed by atoms with van der Waals surface area (Å²) in [5.74, 6) is 13.6. The largest absolute Gasteiger partial charge is 0.445 e. The monoisotopic (exact) mass is 887 g/mol. The zero-order valence-electron chi connectivity index (χ0n) is 41.5. The molecule has 0 aromatic rings. The third-order valence-electron chi connectivity index (χ3n) is 20.8. The number of amides is 2. The number of aliphatic hydroxyl groups is 1. The molecule has 2 amide bonds. The Bertz CT molecular complexity index is 1950. The zero-order valence-corrected chi connectivity index (χ0v) is 41.5. The molecule has 2 saturated heterocycles. The molecule has 10 heteroatoms. The molecule has 10 nitrogen and oxygen atoms in total. The van der Waals surface area contributed by atoms with Gasteiger partial charge in [-0.3, -0.25) is 19.7 Å². The summed E-state index contributed by atoms with van der Waals surface area (Å²) in [6, 6.07) is 0. The number of nitrogens with zero attached hydrogens (tertiary/aromatic N) is 1. The first kappa shape index (κ1) is 49.2. The van der Waals surface area contributed by atoms with E-state index in [0.717, 1.165) is 70.9 Å².